The number of thiazole rings is 1. The predicted octanol–water partition coefficient (Wildman–Crippen LogP) is 3.03. The van der Waals surface area contributed by atoms with Crippen molar-refractivity contribution in [3.63, 3.8) is 0 Å². The molecule has 7 nitrogen and oxygen atoms in total. The molecule has 3 rings (SSSR count). The number of rotatable bonds is 6. The molecule has 0 atom stereocenters. The molecular formula is C17H15FN4O3S. The molecule has 0 saturated heterocycles. The molecule has 9 heteroatoms. The van der Waals surface area contributed by atoms with Gasteiger partial charge in [-0.25, -0.2) is 9.37 Å². The topological polar surface area (TPSA) is 97.0 Å². The maximum atomic E-state index is 13.1. The first-order chi connectivity index (χ1) is 12.6. The number of aromatic nitrogens is 3. The number of ether oxygens (including phenoxy) is 1. The Kier molecular flexibility index (Phi) is 5.37. The fourth-order valence-electron chi connectivity index (χ4n) is 2.26. The third kappa shape index (κ3) is 4.12. The number of halogens is 1. The molecule has 0 fully saturated rings. The molecule has 3 aromatic rings. The summed E-state index contributed by atoms with van der Waals surface area (Å²) in [5.41, 5.74) is 1.94. The van der Waals surface area contributed by atoms with Crippen LogP contribution >= 0.6 is 11.3 Å². The minimum absolute atomic E-state index is 0.0484. The van der Waals surface area contributed by atoms with Crippen LogP contribution in [0.2, 0.25) is 0 Å². The van der Waals surface area contributed by atoms with Crippen molar-refractivity contribution in [2.24, 2.45) is 0 Å². The van der Waals surface area contributed by atoms with E-state index in [4.69, 9.17) is 4.74 Å². The molecule has 26 heavy (non-hydrogen) atoms. The van der Waals surface area contributed by atoms with Gasteiger partial charge < -0.3 is 4.74 Å². The third-order valence-corrected chi connectivity index (χ3v) is 4.23. The highest BCUT2D eigenvalue weighted by molar-refractivity contribution is 7.14. The van der Waals surface area contributed by atoms with Crippen LogP contribution in [0.25, 0.3) is 11.3 Å². The van der Waals surface area contributed by atoms with E-state index in [-0.39, 0.29) is 18.2 Å². The fourth-order valence-corrected chi connectivity index (χ4v) is 2.97. The first kappa shape index (κ1) is 17.7. The Morgan fingerprint density at radius 3 is 2.81 bits per heavy atom. The molecule has 0 saturated carbocycles. The molecule has 134 valence electrons. The number of carbonyl (C=O) groups is 2. The predicted molar refractivity (Wildman–Crippen MR) is 94.4 cm³/mol. The standard InChI is InChI=1S/C17H15FN4O3S/c1-2-25-14(23)7-12-9-26-17(20-12)21-16(24)13-8-19-22-15(13)10-3-5-11(18)6-4-10/h3-6,8-9H,2,7H2,1H3,(H,19,22)(H,20,21,24). The van der Waals surface area contributed by atoms with Gasteiger partial charge in [-0.1, -0.05) is 0 Å². The smallest absolute Gasteiger partial charge is 0.311 e. The van der Waals surface area contributed by atoms with Crippen molar-refractivity contribution in [3.8, 4) is 11.3 Å². The summed E-state index contributed by atoms with van der Waals surface area (Å²) in [6.07, 6.45) is 1.44. The van der Waals surface area contributed by atoms with Crippen LogP contribution in [0, 0.1) is 5.82 Å². The van der Waals surface area contributed by atoms with Gasteiger partial charge in [-0.2, -0.15) is 5.10 Å². The van der Waals surface area contributed by atoms with Gasteiger partial charge >= 0.3 is 5.97 Å². The van der Waals surface area contributed by atoms with Crippen LogP contribution in [0.1, 0.15) is 23.0 Å². The summed E-state index contributed by atoms with van der Waals surface area (Å²) >= 11 is 1.21. The first-order valence-corrected chi connectivity index (χ1v) is 8.65. The number of carbonyl (C=O) groups excluding carboxylic acids is 2. The molecule has 0 aliphatic rings. The summed E-state index contributed by atoms with van der Waals surface area (Å²) in [7, 11) is 0. The zero-order valence-electron chi connectivity index (χ0n) is 13.8. The average molecular weight is 374 g/mol. The molecule has 2 aromatic heterocycles. The van der Waals surface area contributed by atoms with Gasteiger partial charge in [0.25, 0.3) is 5.91 Å². The van der Waals surface area contributed by atoms with E-state index < -0.39 is 5.91 Å². The number of H-pyrrole nitrogens is 1. The van der Waals surface area contributed by atoms with Crippen molar-refractivity contribution in [3.05, 3.63) is 52.9 Å². The van der Waals surface area contributed by atoms with Crippen LogP contribution in [-0.2, 0) is 16.0 Å². The number of amides is 1. The van der Waals surface area contributed by atoms with E-state index in [0.29, 0.717) is 34.3 Å². The lowest BCUT2D eigenvalue weighted by Crippen LogP contribution is -2.12. The summed E-state index contributed by atoms with van der Waals surface area (Å²) in [5.74, 6) is -1.14. The largest absolute Gasteiger partial charge is 0.466 e. The van der Waals surface area contributed by atoms with Gasteiger partial charge in [0.15, 0.2) is 5.13 Å². The van der Waals surface area contributed by atoms with E-state index in [0.717, 1.165) is 0 Å². The Labute approximate surface area is 152 Å². The van der Waals surface area contributed by atoms with Crippen LogP contribution in [0.4, 0.5) is 9.52 Å². The zero-order chi connectivity index (χ0) is 18.5. The molecule has 2 heterocycles. The van der Waals surface area contributed by atoms with Crippen LogP contribution in [-0.4, -0.2) is 33.7 Å². The third-order valence-electron chi connectivity index (χ3n) is 3.42. The zero-order valence-corrected chi connectivity index (χ0v) is 14.6. The quantitative estimate of drug-likeness (QED) is 0.647. The number of nitrogens with one attached hydrogen (secondary N) is 2. The van der Waals surface area contributed by atoms with Crippen molar-refractivity contribution in [1.82, 2.24) is 15.2 Å². The number of nitrogens with zero attached hydrogens (tertiary/aromatic N) is 2. The molecule has 1 aromatic carbocycles. The highest BCUT2D eigenvalue weighted by atomic mass is 32.1. The van der Waals surface area contributed by atoms with Crippen molar-refractivity contribution in [2.45, 2.75) is 13.3 Å². The lowest BCUT2D eigenvalue weighted by molar-refractivity contribution is -0.142. The van der Waals surface area contributed by atoms with Crippen molar-refractivity contribution >= 4 is 28.3 Å². The highest BCUT2D eigenvalue weighted by Crippen LogP contribution is 2.23. The van der Waals surface area contributed by atoms with E-state index in [9.17, 15) is 14.0 Å². The second-order valence-electron chi connectivity index (χ2n) is 5.25. The lowest BCUT2D eigenvalue weighted by Gasteiger charge is -2.03. The van der Waals surface area contributed by atoms with Crippen molar-refractivity contribution in [1.29, 1.82) is 0 Å². The first-order valence-electron chi connectivity index (χ1n) is 7.77. The van der Waals surface area contributed by atoms with Crippen LogP contribution in [0.3, 0.4) is 0 Å². The molecule has 0 aliphatic carbocycles. The van der Waals surface area contributed by atoms with E-state index in [1.165, 1.54) is 29.7 Å². The van der Waals surface area contributed by atoms with E-state index >= 15 is 0 Å². The number of hydrogen-bond acceptors (Lipinski definition) is 6. The minimum atomic E-state index is -0.407. The highest BCUT2D eigenvalue weighted by Gasteiger charge is 2.17. The number of aromatic amines is 1. The van der Waals surface area contributed by atoms with Gasteiger partial charge in [0.1, 0.15) is 5.82 Å². The average Bonchev–Trinajstić information content (AvgIpc) is 3.25. The molecule has 0 unspecified atom stereocenters. The number of anilines is 1. The van der Waals surface area contributed by atoms with E-state index in [1.807, 2.05) is 0 Å². The fraction of sp³-hybridized carbons (Fsp3) is 0.176. The summed E-state index contributed by atoms with van der Waals surface area (Å²) in [6, 6.07) is 5.72. The van der Waals surface area contributed by atoms with Crippen molar-refractivity contribution < 1.29 is 18.7 Å². The number of hydrogen-bond donors (Lipinski definition) is 2. The Morgan fingerprint density at radius 1 is 1.31 bits per heavy atom. The Balaban J connectivity index is 1.72. The van der Waals surface area contributed by atoms with Crippen LogP contribution < -0.4 is 5.32 Å². The summed E-state index contributed by atoms with van der Waals surface area (Å²) < 4.78 is 17.9. The van der Waals surface area contributed by atoms with Crippen LogP contribution in [0.5, 0.6) is 0 Å². The normalized spacial score (nSPS) is 10.5. The lowest BCUT2D eigenvalue weighted by atomic mass is 10.1. The van der Waals surface area contributed by atoms with Gasteiger partial charge in [0.05, 0.1) is 36.2 Å². The Hall–Kier alpha value is -3.07. The summed E-state index contributed by atoms with van der Waals surface area (Å²) in [4.78, 5) is 28.2. The van der Waals surface area contributed by atoms with Gasteiger partial charge in [0.2, 0.25) is 0 Å². The molecule has 0 bridgehead atoms. The number of esters is 1. The summed E-state index contributed by atoms with van der Waals surface area (Å²) in [5, 5.41) is 11.4. The van der Waals surface area contributed by atoms with Gasteiger partial charge in [-0.15, -0.1) is 11.3 Å². The van der Waals surface area contributed by atoms with E-state index in [1.54, 1.807) is 24.4 Å². The maximum Gasteiger partial charge on any atom is 0.311 e. The van der Waals surface area contributed by atoms with Gasteiger partial charge in [-0.05, 0) is 31.2 Å². The molecule has 0 radical (unpaired) electrons. The van der Waals surface area contributed by atoms with Gasteiger partial charge in [0, 0.05) is 10.9 Å². The molecular weight excluding hydrogens is 359 g/mol. The monoisotopic (exact) mass is 374 g/mol. The Morgan fingerprint density at radius 2 is 2.08 bits per heavy atom. The summed E-state index contributed by atoms with van der Waals surface area (Å²) in [6.45, 7) is 2.04. The molecule has 0 spiro atoms. The van der Waals surface area contributed by atoms with Gasteiger partial charge in [-0.3, -0.25) is 20.0 Å². The SMILES string of the molecule is CCOC(=O)Cc1csc(NC(=O)c2cn[nH]c2-c2ccc(F)cc2)n1. The molecule has 0 aliphatic heterocycles. The van der Waals surface area contributed by atoms with Crippen LogP contribution in [0.15, 0.2) is 35.8 Å². The Bertz CT molecular complexity index is 920. The maximum absolute atomic E-state index is 13.1. The second kappa shape index (κ2) is 7.87. The van der Waals surface area contributed by atoms with Crippen molar-refractivity contribution in [2.75, 3.05) is 11.9 Å². The minimum Gasteiger partial charge on any atom is -0.466 e. The molecule has 1 amide bonds. The molecule has 2 N–H and O–H groups in total. The second-order valence-corrected chi connectivity index (χ2v) is 6.10. The number of benzene rings is 1. The van der Waals surface area contributed by atoms with E-state index in [2.05, 4.69) is 20.5 Å².